The lowest BCUT2D eigenvalue weighted by Gasteiger charge is -2.16. The molecule has 0 aliphatic carbocycles. The number of halogens is 1. The molecule has 3 N–H and O–H groups in total. The normalized spacial score (nSPS) is 11.7. The molecule has 3 aromatic rings. The van der Waals surface area contributed by atoms with Crippen LogP contribution in [-0.4, -0.2) is 28.8 Å². The van der Waals surface area contributed by atoms with Crippen LogP contribution in [0.4, 0.5) is 4.39 Å². The minimum Gasteiger partial charge on any atom is -0.363 e. The standard InChI is InChI=1S/C21H18FN3O4/c1-12-7-8-16(22)14(9-12)19-15(11-24-29-19)21(28)25-17(18(26)20(23)27)10-13-5-3-2-4-6-13/h2-9,11,17H,10H2,1H3,(H2,23,27)(H,25,28). The highest BCUT2D eigenvalue weighted by molar-refractivity contribution is 6.38. The van der Waals surface area contributed by atoms with Gasteiger partial charge in [-0.3, -0.25) is 14.4 Å². The fraction of sp³-hybridized carbons (Fsp3) is 0.143. The van der Waals surface area contributed by atoms with E-state index in [1.165, 1.54) is 12.1 Å². The van der Waals surface area contributed by atoms with Crippen molar-refractivity contribution in [3.05, 3.63) is 77.2 Å². The largest absolute Gasteiger partial charge is 0.363 e. The van der Waals surface area contributed by atoms with E-state index in [9.17, 15) is 18.8 Å². The zero-order valence-electron chi connectivity index (χ0n) is 15.5. The number of nitrogens with one attached hydrogen (secondary N) is 1. The van der Waals surface area contributed by atoms with Gasteiger partial charge in [-0.2, -0.15) is 0 Å². The van der Waals surface area contributed by atoms with Gasteiger partial charge in [0, 0.05) is 6.42 Å². The number of amides is 2. The molecule has 8 heteroatoms. The molecule has 0 fully saturated rings. The first-order valence-corrected chi connectivity index (χ1v) is 8.76. The van der Waals surface area contributed by atoms with Crippen LogP contribution in [0, 0.1) is 12.7 Å². The van der Waals surface area contributed by atoms with Crippen molar-refractivity contribution in [2.24, 2.45) is 5.73 Å². The minimum absolute atomic E-state index is 0.0633. The molecule has 1 heterocycles. The molecule has 1 atom stereocenters. The van der Waals surface area contributed by atoms with Gasteiger partial charge in [0.25, 0.3) is 11.8 Å². The Morgan fingerprint density at radius 3 is 2.59 bits per heavy atom. The van der Waals surface area contributed by atoms with E-state index in [2.05, 4.69) is 10.5 Å². The Morgan fingerprint density at radius 1 is 1.17 bits per heavy atom. The van der Waals surface area contributed by atoms with Gasteiger partial charge in [-0.05, 0) is 24.6 Å². The molecule has 7 nitrogen and oxygen atoms in total. The number of benzene rings is 2. The summed E-state index contributed by atoms with van der Waals surface area (Å²) in [5, 5.41) is 6.06. The van der Waals surface area contributed by atoms with Gasteiger partial charge in [-0.15, -0.1) is 0 Å². The summed E-state index contributed by atoms with van der Waals surface area (Å²) >= 11 is 0. The maximum Gasteiger partial charge on any atom is 0.287 e. The highest BCUT2D eigenvalue weighted by atomic mass is 19.1. The zero-order chi connectivity index (χ0) is 21.0. The van der Waals surface area contributed by atoms with Crippen LogP contribution in [0.25, 0.3) is 11.3 Å². The summed E-state index contributed by atoms with van der Waals surface area (Å²) in [6.07, 6.45) is 1.19. The van der Waals surface area contributed by atoms with E-state index in [4.69, 9.17) is 10.3 Å². The molecule has 3 rings (SSSR count). The molecule has 29 heavy (non-hydrogen) atoms. The molecule has 0 saturated carbocycles. The molecule has 1 aromatic heterocycles. The number of nitrogens with two attached hydrogens (primary N) is 1. The van der Waals surface area contributed by atoms with Gasteiger partial charge < -0.3 is 15.6 Å². The minimum atomic E-state index is -1.19. The van der Waals surface area contributed by atoms with Crippen LogP contribution in [0.2, 0.25) is 0 Å². The van der Waals surface area contributed by atoms with E-state index < -0.39 is 29.5 Å². The van der Waals surface area contributed by atoms with E-state index in [1.807, 2.05) is 0 Å². The van der Waals surface area contributed by atoms with Crippen molar-refractivity contribution < 1.29 is 23.3 Å². The fourth-order valence-electron chi connectivity index (χ4n) is 2.88. The number of carbonyl (C=O) groups is 3. The lowest BCUT2D eigenvalue weighted by atomic mass is 10.0. The highest BCUT2D eigenvalue weighted by Gasteiger charge is 2.28. The second-order valence-corrected chi connectivity index (χ2v) is 6.50. The molecule has 0 saturated heterocycles. The molecule has 2 aromatic carbocycles. The number of carbonyl (C=O) groups excluding carboxylic acids is 3. The molecule has 2 amide bonds. The number of primary amides is 1. The molecule has 0 spiro atoms. The SMILES string of the molecule is Cc1ccc(F)c(-c2oncc2C(=O)NC(Cc2ccccc2)C(=O)C(N)=O)c1. The molecule has 0 aliphatic rings. The van der Waals surface area contributed by atoms with Gasteiger partial charge in [0.15, 0.2) is 5.76 Å². The average Bonchev–Trinajstić information content (AvgIpc) is 3.19. The average molecular weight is 395 g/mol. The van der Waals surface area contributed by atoms with Crippen molar-refractivity contribution in [1.82, 2.24) is 10.5 Å². The Morgan fingerprint density at radius 2 is 1.90 bits per heavy atom. The second-order valence-electron chi connectivity index (χ2n) is 6.50. The lowest BCUT2D eigenvalue weighted by Crippen LogP contribution is -2.47. The van der Waals surface area contributed by atoms with E-state index >= 15 is 0 Å². The van der Waals surface area contributed by atoms with Gasteiger partial charge in [-0.1, -0.05) is 47.1 Å². The Bertz CT molecular complexity index is 1060. The second kappa shape index (κ2) is 8.47. The number of hydrogen-bond donors (Lipinski definition) is 2. The van der Waals surface area contributed by atoms with Crippen LogP contribution < -0.4 is 11.1 Å². The van der Waals surface area contributed by atoms with Crippen LogP contribution in [-0.2, 0) is 16.0 Å². The third-order valence-corrected chi connectivity index (χ3v) is 4.33. The fourth-order valence-corrected chi connectivity index (χ4v) is 2.88. The quantitative estimate of drug-likeness (QED) is 0.595. The van der Waals surface area contributed by atoms with Gasteiger partial charge in [0.1, 0.15) is 17.4 Å². The predicted molar refractivity (Wildman–Crippen MR) is 102 cm³/mol. The number of aryl methyl sites for hydroxylation is 1. The lowest BCUT2D eigenvalue weighted by molar-refractivity contribution is -0.137. The number of rotatable bonds is 7. The predicted octanol–water partition coefficient (Wildman–Crippen LogP) is 2.18. The van der Waals surface area contributed by atoms with E-state index in [0.29, 0.717) is 0 Å². The van der Waals surface area contributed by atoms with Gasteiger partial charge in [0.2, 0.25) is 5.78 Å². The van der Waals surface area contributed by atoms with Crippen LogP contribution in [0.15, 0.2) is 59.3 Å². The number of ketones is 1. The highest BCUT2D eigenvalue weighted by Crippen LogP contribution is 2.27. The summed E-state index contributed by atoms with van der Waals surface area (Å²) in [6, 6.07) is 12.0. The van der Waals surface area contributed by atoms with Crippen molar-refractivity contribution >= 4 is 17.6 Å². The topological polar surface area (TPSA) is 115 Å². The van der Waals surface area contributed by atoms with Gasteiger partial charge in [-0.25, -0.2) is 4.39 Å². The number of nitrogens with zero attached hydrogens (tertiary/aromatic N) is 1. The molecular weight excluding hydrogens is 377 g/mol. The Kier molecular flexibility index (Phi) is 5.82. The summed E-state index contributed by atoms with van der Waals surface area (Å²) in [5.41, 5.74) is 6.60. The summed E-state index contributed by atoms with van der Waals surface area (Å²) in [7, 11) is 0. The monoisotopic (exact) mass is 395 g/mol. The molecule has 1 unspecified atom stereocenters. The first kappa shape index (κ1) is 19.9. The molecule has 148 valence electrons. The zero-order valence-corrected chi connectivity index (χ0v) is 15.5. The first-order chi connectivity index (χ1) is 13.9. The van der Waals surface area contributed by atoms with Gasteiger partial charge in [0.05, 0.1) is 11.8 Å². The Hall–Kier alpha value is -3.81. The number of Topliss-reactive ketones (excluding diaryl/α,β-unsaturated/α-hetero) is 1. The summed E-state index contributed by atoms with van der Waals surface area (Å²) in [4.78, 5) is 36.4. The summed E-state index contributed by atoms with van der Waals surface area (Å²) in [6.45, 7) is 1.76. The molecule has 0 radical (unpaired) electrons. The van der Waals surface area contributed by atoms with Crippen LogP contribution in [0.3, 0.4) is 0 Å². The van der Waals surface area contributed by atoms with Crippen LogP contribution in [0.5, 0.6) is 0 Å². The van der Waals surface area contributed by atoms with Gasteiger partial charge >= 0.3 is 0 Å². The molecule has 0 bridgehead atoms. The molecular formula is C21H18FN3O4. The third-order valence-electron chi connectivity index (χ3n) is 4.33. The van der Waals surface area contributed by atoms with Crippen LogP contribution >= 0.6 is 0 Å². The number of aromatic nitrogens is 1. The first-order valence-electron chi connectivity index (χ1n) is 8.76. The van der Waals surface area contributed by atoms with Crippen molar-refractivity contribution in [3.8, 4) is 11.3 Å². The van der Waals surface area contributed by atoms with E-state index in [-0.39, 0.29) is 23.3 Å². The van der Waals surface area contributed by atoms with Crippen molar-refractivity contribution in [2.45, 2.75) is 19.4 Å². The maximum atomic E-state index is 14.2. The number of hydrogen-bond acceptors (Lipinski definition) is 5. The van der Waals surface area contributed by atoms with Crippen LogP contribution in [0.1, 0.15) is 21.5 Å². The van der Waals surface area contributed by atoms with Crippen molar-refractivity contribution in [3.63, 3.8) is 0 Å². The maximum absolute atomic E-state index is 14.2. The Labute approximate surface area is 165 Å². The summed E-state index contributed by atoms with van der Waals surface area (Å²) < 4.78 is 19.3. The van der Waals surface area contributed by atoms with E-state index in [1.54, 1.807) is 43.3 Å². The third kappa shape index (κ3) is 4.55. The smallest absolute Gasteiger partial charge is 0.287 e. The summed E-state index contributed by atoms with van der Waals surface area (Å²) in [5.74, 6) is -3.51. The van der Waals surface area contributed by atoms with E-state index in [0.717, 1.165) is 17.3 Å². The van der Waals surface area contributed by atoms with Crippen molar-refractivity contribution in [1.29, 1.82) is 0 Å². The Balaban J connectivity index is 1.89. The molecule has 0 aliphatic heterocycles. The van der Waals surface area contributed by atoms with Crippen molar-refractivity contribution in [2.75, 3.05) is 0 Å².